The van der Waals surface area contributed by atoms with E-state index in [-0.39, 0.29) is 161 Å². The summed E-state index contributed by atoms with van der Waals surface area (Å²) in [5.74, 6) is 7.77. The van der Waals surface area contributed by atoms with Gasteiger partial charge in [0.25, 0.3) is 0 Å². The smallest absolute Gasteiger partial charge is 0.0667 e. The summed E-state index contributed by atoms with van der Waals surface area (Å²) in [5.41, 5.74) is 0. The van der Waals surface area contributed by atoms with E-state index >= 15 is 0 Å². The average molecular weight is 900 g/mol. The molecule has 0 heterocycles. The van der Waals surface area contributed by atoms with E-state index in [1.54, 1.807) is 0 Å². The van der Waals surface area contributed by atoms with Gasteiger partial charge in [-0.3, -0.25) is 0 Å². The first kappa shape index (κ1) is 66.9. The summed E-state index contributed by atoms with van der Waals surface area (Å²) in [7, 11) is 23.1. The van der Waals surface area contributed by atoms with E-state index in [2.05, 4.69) is 81.1 Å². The Hall–Kier alpha value is 4.68. The number of hydrogen-bond donors (Lipinski definition) is 0. The molecule has 0 amide bonds. The summed E-state index contributed by atoms with van der Waals surface area (Å²) in [6.45, 7) is 17.9. The van der Waals surface area contributed by atoms with E-state index in [0.29, 0.717) is 35.1 Å². The van der Waals surface area contributed by atoms with Gasteiger partial charge in [-0.05, 0) is 0 Å². The predicted molar refractivity (Wildman–Crippen MR) is 191 cm³/mol. The van der Waals surface area contributed by atoms with E-state index in [4.69, 9.17) is 31.4 Å². The second-order valence-electron chi connectivity index (χ2n) is 12.5. The topological polar surface area (TPSA) is 0 Å². The number of rotatable bonds is 4. The van der Waals surface area contributed by atoms with Crippen molar-refractivity contribution in [3.8, 4) is 0 Å². The maximum absolute atomic E-state index is 5.81. The molecule has 2 unspecified atom stereocenters. The second-order valence-corrected chi connectivity index (χ2v) is 12.5. The zero-order valence-corrected chi connectivity index (χ0v) is 42.9. The fourth-order valence-corrected chi connectivity index (χ4v) is 6.49. The molecule has 4 fully saturated rings. The van der Waals surface area contributed by atoms with Crippen molar-refractivity contribution in [2.24, 2.45) is 47.3 Å². The largest absolute Gasteiger partial charge is 0.358 e. The van der Waals surface area contributed by atoms with Crippen molar-refractivity contribution < 1.29 is 131 Å². The van der Waals surface area contributed by atoms with Crippen molar-refractivity contribution in [1.82, 2.24) is 0 Å². The van der Waals surface area contributed by atoms with Crippen LogP contribution in [0.2, 0.25) is 23.3 Å². The van der Waals surface area contributed by atoms with Crippen LogP contribution in [0.1, 0.15) is 107 Å². The van der Waals surface area contributed by atoms with Crippen LogP contribution in [0.4, 0.5) is 0 Å². The summed E-state index contributed by atoms with van der Waals surface area (Å²) in [6, 6.07) is 0. The summed E-state index contributed by atoms with van der Waals surface area (Å²) < 4.78 is 0. The fourth-order valence-electron chi connectivity index (χ4n) is 6.49. The minimum atomic E-state index is 0. The van der Waals surface area contributed by atoms with E-state index in [1.807, 2.05) is 0 Å². The maximum Gasteiger partial charge on any atom is 0.0667 e. The summed E-state index contributed by atoms with van der Waals surface area (Å²) >= 11 is 0. The Morgan fingerprint density at radius 3 is 0.795 bits per heavy atom. The Morgan fingerprint density at radius 2 is 0.705 bits per heavy atom. The molecule has 12 atom stereocenters. The van der Waals surface area contributed by atoms with Crippen LogP contribution in [0.5, 0.6) is 0 Å². The molecule has 4 aliphatic rings. The molecule has 8 heteroatoms. The molecule has 0 nitrogen and oxygen atoms in total. The molecule has 0 spiro atoms. The molecular formula is C36H68B4Y4-8. The van der Waals surface area contributed by atoms with Crippen LogP contribution in [-0.4, -0.2) is 31.4 Å². The van der Waals surface area contributed by atoms with E-state index in [0.717, 1.165) is 35.5 Å². The summed E-state index contributed by atoms with van der Waals surface area (Å²) in [5, 5.41) is 0. The van der Waals surface area contributed by atoms with E-state index in [9.17, 15) is 0 Å². The molecule has 4 aliphatic carbocycles. The molecule has 44 heavy (non-hydrogen) atoms. The van der Waals surface area contributed by atoms with Crippen molar-refractivity contribution in [1.29, 1.82) is 0 Å². The van der Waals surface area contributed by atoms with Gasteiger partial charge >= 0.3 is 0 Å². The van der Waals surface area contributed by atoms with E-state index in [1.165, 1.54) is 51.4 Å². The molecule has 0 aliphatic heterocycles. The van der Waals surface area contributed by atoms with Gasteiger partial charge in [0.05, 0.1) is 15.7 Å². The van der Waals surface area contributed by atoms with Crippen molar-refractivity contribution >= 4 is 31.4 Å². The average Bonchev–Trinajstić information content (AvgIpc) is 3.56. The Morgan fingerprint density at radius 1 is 0.432 bits per heavy atom. The van der Waals surface area contributed by atoms with Crippen molar-refractivity contribution in [2.75, 3.05) is 0 Å². The SMILES string of the molecule is [B][C@@H]1C[C@H](CC)[CH-]C1C.[B][C@@H]1C[C@H](CC)[CH-]C1C.[B][C@H]1[CH-][C@H](C)[C@@H](CC)C1.[B][C@H]1[CH-][C@H](C)[C@@H](CC)C1.[CH3-].[CH3-].[CH3-].[CH3-].[Y].[Y].[Y].[Y]. The normalized spacial score (nSPS) is 35.6. The first-order valence-electron chi connectivity index (χ1n) is 15.4. The van der Waals surface area contributed by atoms with Gasteiger partial charge in [-0.1, -0.05) is 119 Å². The molecule has 4 saturated carbocycles. The molecule has 0 bridgehead atoms. The fraction of sp³-hybridized carbons (Fsp3) is 0.778. The zero-order valence-electron chi connectivity index (χ0n) is 31.5. The minimum Gasteiger partial charge on any atom is -0.358 e. The van der Waals surface area contributed by atoms with Crippen molar-refractivity contribution in [3.05, 3.63) is 55.4 Å². The van der Waals surface area contributed by atoms with Crippen LogP contribution in [0.15, 0.2) is 0 Å². The Balaban J connectivity index is -0.0000000617. The van der Waals surface area contributed by atoms with E-state index < -0.39 is 0 Å². The third-order valence-electron chi connectivity index (χ3n) is 9.49. The molecule has 0 aromatic rings. The third-order valence-corrected chi connectivity index (χ3v) is 9.49. The van der Waals surface area contributed by atoms with Gasteiger partial charge in [-0.2, -0.15) is 35.5 Å². The molecular weight excluding hydrogens is 831 g/mol. The van der Waals surface area contributed by atoms with Gasteiger partial charge in [-0.25, -0.2) is 11.6 Å². The molecule has 12 radical (unpaired) electrons. The molecule has 0 saturated heterocycles. The Bertz CT molecular complexity index is 506. The molecule has 244 valence electrons. The van der Waals surface area contributed by atoms with Gasteiger partial charge in [0.1, 0.15) is 0 Å². The molecule has 0 N–H and O–H groups in total. The maximum atomic E-state index is 5.81. The second kappa shape index (κ2) is 37.4. The standard InChI is InChI=1S/4C8H14B.4CH3.4Y/c2*1-3-7-5-8(9)4-6(7)2;2*1-3-7-4-6(2)8(9)5-7;;;;;;;;/h4*4,6-8H,3,5H2,1-2H3;4*1H3;;;;/q8*-1;;;;/t2*6-,7-,8-;2*6?,7-,8-;;;;;;;;/m0011......../s1. The predicted octanol–water partition coefficient (Wildman–Crippen LogP) is 10.6. The zero-order chi connectivity index (χ0) is 27.4. The van der Waals surface area contributed by atoms with Crippen LogP contribution in [-0.2, 0) is 131 Å². The first-order chi connectivity index (χ1) is 16.9. The van der Waals surface area contributed by atoms with Crippen LogP contribution in [0.25, 0.3) is 0 Å². The first-order valence-corrected chi connectivity index (χ1v) is 15.4. The monoisotopic (exact) mass is 900 g/mol. The summed E-state index contributed by atoms with van der Waals surface area (Å²) in [6.07, 6.45) is 19.2. The number of hydrogen-bond acceptors (Lipinski definition) is 0. The Kier molecular flexibility index (Phi) is 56.9. The molecule has 0 aromatic heterocycles. The quantitative estimate of drug-likeness (QED) is 0.195. The van der Waals surface area contributed by atoms with Crippen LogP contribution in [0, 0.1) is 103 Å². The minimum absolute atomic E-state index is 0. The van der Waals surface area contributed by atoms with Gasteiger partial charge in [-0.15, -0.1) is 11.6 Å². The van der Waals surface area contributed by atoms with Gasteiger partial charge in [0.2, 0.25) is 0 Å². The van der Waals surface area contributed by atoms with Gasteiger partial charge < -0.3 is 55.4 Å². The van der Waals surface area contributed by atoms with Gasteiger partial charge in [0.15, 0.2) is 0 Å². The van der Waals surface area contributed by atoms with Crippen molar-refractivity contribution in [3.63, 3.8) is 0 Å². The molecule has 4 rings (SSSR count). The van der Waals surface area contributed by atoms with Crippen LogP contribution >= 0.6 is 0 Å². The van der Waals surface area contributed by atoms with Crippen LogP contribution in [0.3, 0.4) is 0 Å². The van der Waals surface area contributed by atoms with Crippen LogP contribution < -0.4 is 0 Å². The van der Waals surface area contributed by atoms with Gasteiger partial charge in [0, 0.05) is 147 Å². The summed E-state index contributed by atoms with van der Waals surface area (Å²) in [4.78, 5) is 0. The third kappa shape index (κ3) is 26.5. The Labute approximate surface area is 389 Å². The van der Waals surface area contributed by atoms with Crippen molar-refractivity contribution in [2.45, 2.75) is 130 Å². The molecule has 0 aromatic carbocycles.